The van der Waals surface area contributed by atoms with E-state index in [4.69, 9.17) is 4.74 Å². The van der Waals surface area contributed by atoms with Gasteiger partial charge in [0.15, 0.2) is 0 Å². The summed E-state index contributed by atoms with van der Waals surface area (Å²) in [6.07, 6.45) is -4.58. The molecule has 0 saturated heterocycles. The molecule has 0 aliphatic rings. The Morgan fingerprint density at radius 2 is 2.03 bits per heavy atom. The molecule has 156 valence electrons. The summed E-state index contributed by atoms with van der Waals surface area (Å²) in [5.41, 5.74) is -1.73. The summed E-state index contributed by atoms with van der Waals surface area (Å²) >= 11 is 0.849. The van der Waals surface area contributed by atoms with Crippen molar-refractivity contribution in [2.75, 3.05) is 0 Å². The summed E-state index contributed by atoms with van der Waals surface area (Å²) in [5, 5.41) is 15.8. The molecular formula is C18H12F3N3O5S. The average molecular weight is 439 g/mol. The number of esters is 1. The molecule has 12 heteroatoms. The van der Waals surface area contributed by atoms with Crippen molar-refractivity contribution in [1.29, 1.82) is 0 Å². The summed E-state index contributed by atoms with van der Waals surface area (Å²) in [6, 6.07) is 6.53. The summed E-state index contributed by atoms with van der Waals surface area (Å²) in [7, 11) is 0. The molecule has 0 spiro atoms. The lowest BCUT2D eigenvalue weighted by Gasteiger charge is -2.13. The second-order valence-corrected chi connectivity index (χ2v) is 6.97. The zero-order chi connectivity index (χ0) is 22.1. The zero-order valence-electron chi connectivity index (χ0n) is 15.2. The third-order valence-corrected chi connectivity index (χ3v) is 4.84. The van der Waals surface area contributed by atoms with Gasteiger partial charge in [0.05, 0.1) is 16.2 Å². The molecule has 0 N–H and O–H groups in total. The number of thiophene rings is 1. The second-order valence-electron chi connectivity index (χ2n) is 6.08. The Morgan fingerprint density at radius 3 is 2.67 bits per heavy atom. The monoisotopic (exact) mass is 439 g/mol. The van der Waals surface area contributed by atoms with Gasteiger partial charge in [-0.25, -0.2) is 9.48 Å². The van der Waals surface area contributed by atoms with E-state index < -0.39 is 33.8 Å². The molecule has 3 aromatic rings. The summed E-state index contributed by atoms with van der Waals surface area (Å²) in [6.45, 7) is 1.12. The Labute approximate surface area is 170 Å². The Bertz CT molecular complexity index is 1190. The van der Waals surface area contributed by atoms with E-state index in [1.54, 1.807) is 0 Å². The quantitative estimate of drug-likeness (QED) is 0.339. The normalized spacial score (nSPS) is 11.3. The smallest absolute Gasteiger partial charge is 0.416 e. The molecule has 0 aliphatic carbocycles. The van der Waals surface area contributed by atoms with Crippen molar-refractivity contribution in [2.24, 2.45) is 0 Å². The van der Waals surface area contributed by atoms with Gasteiger partial charge in [-0.2, -0.15) is 18.3 Å². The number of aryl methyl sites for hydroxylation is 1. The van der Waals surface area contributed by atoms with E-state index in [1.165, 1.54) is 30.5 Å². The minimum Gasteiger partial charge on any atom is -0.456 e. The maximum absolute atomic E-state index is 13.0. The molecule has 0 unspecified atom stereocenters. The van der Waals surface area contributed by atoms with Crippen LogP contribution < -0.4 is 5.43 Å². The molecule has 0 amide bonds. The van der Waals surface area contributed by atoms with Crippen LogP contribution in [0.4, 0.5) is 18.2 Å². The van der Waals surface area contributed by atoms with Crippen LogP contribution in [0.1, 0.15) is 27.3 Å². The second kappa shape index (κ2) is 8.06. The molecule has 3 rings (SSSR count). The van der Waals surface area contributed by atoms with E-state index in [1.807, 2.05) is 0 Å². The van der Waals surface area contributed by atoms with Gasteiger partial charge in [-0.15, -0.1) is 0 Å². The molecule has 0 bridgehead atoms. The fraction of sp³-hybridized carbons (Fsp3) is 0.167. The van der Waals surface area contributed by atoms with Crippen LogP contribution in [0, 0.1) is 17.0 Å². The van der Waals surface area contributed by atoms with Crippen LogP contribution in [0.2, 0.25) is 0 Å². The first-order valence-corrected chi connectivity index (χ1v) is 9.12. The van der Waals surface area contributed by atoms with Crippen molar-refractivity contribution in [1.82, 2.24) is 9.78 Å². The SMILES string of the molecule is Cc1cc(=O)c(C(=O)OCc2csc([N+](=O)[O-])c2)nn1-c1cccc(C(F)(F)F)c1. The Morgan fingerprint density at radius 1 is 1.30 bits per heavy atom. The average Bonchev–Trinajstić information content (AvgIpc) is 3.15. The number of nitro groups is 1. The largest absolute Gasteiger partial charge is 0.456 e. The number of hydrogen-bond acceptors (Lipinski definition) is 7. The molecule has 0 fully saturated rings. The fourth-order valence-electron chi connectivity index (χ4n) is 2.52. The molecule has 0 radical (unpaired) electrons. The number of nitrogens with zero attached hydrogens (tertiary/aromatic N) is 3. The van der Waals surface area contributed by atoms with Crippen LogP contribution >= 0.6 is 11.3 Å². The van der Waals surface area contributed by atoms with Crippen LogP contribution in [-0.2, 0) is 17.5 Å². The first-order valence-electron chi connectivity index (χ1n) is 8.24. The summed E-state index contributed by atoms with van der Waals surface area (Å²) in [4.78, 5) is 34.5. The van der Waals surface area contributed by atoms with Gasteiger partial charge in [0.25, 0.3) is 0 Å². The highest BCUT2D eigenvalue weighted by Crippen LogP contribution is 2.30. The molecule has 0 aliphatic heterocycles. The van der Waals surface area contributed by atoms with Crippen molar-refractivity contribution < 1.29 is 27.6 Å². The summed E-state index contributed by atoms with van der Waals surface area (Å²) < 4.78 is 44.9. The number of alkyl halides is 3. The van der Waals surface area contributed by atoms with E-state index in [-0.39, 0.29) is 23.0 Å². The van der Waals surface area contributed by atoms with Crippen molar-refractivity contribution in [3.8, 4) is 5.69 Å². The Hall–Kier alpha value is -3.54. The third-order valence-electron chi connectivity index (χ3n) is 3.91. The van der Waals surface area contributed by atoms with Gasteiger partial charge in [0, 0.05) is 28.8 Å². The van der Waals surface area contributed by atoms with Crippen molar-refractivity contribution in [3.63, 3.8) is 0 Å². The minimum atomic E-state index is -4.58. The lowest BCUT2D eigenvalue weighted by Crippen LogP contribution is -2.24. The van der Waals surface area contributed by atoms with Crippen molar-refractivity contribution >= 4 is 22.3 Å². The van der Waals surface area contributed by atoms with Crippen LogP contribution in [0.25, 0.3) is 5.69 Å². The van der Waals surface area contributed by atoms with Crippen molar-refractivity contribution in [3.05, 3.63) is 84.6 Å². The van der Waals surface area contributed by atoms with E-state index in [2.05, 4.69) is 5.10 Å². The number of carbonyl (C=O) groups is 1. The molecule has 0 atom stereocenters. The van der Waals surface area contributed by atoms with Crippen LogP contribution in [0.5, 0.6) is 0 Å². The molecule has 0 saturated carbocycles. The van der Waals surface area contributed by atoms with Gasteiger partial charge in [0.1, 0.15) is 6.61 Å². The van der Waals surface area contributed by atoms with Crippen molar-refractivity contribution in [2.45, 2.75) is 19.7 Å². The predicted octanol–water partition coefficient (Wildman–Crippen LogP) is 3.89. The van der Waals surface area contributed by atoms with E-state index in [9.17, 15) is 32.9 Å². The molecule has 2 aromatic heterocycles. The minimum absolute atomic E-state index is 0.00448. The maximum atomic E-state index is 13.0. The highest BCUT2D eigenvalue weighted by Gasteiger charge is 2.30. The fourth-order valence-corrected chi connectivity index (χ4v) is 3.23. The van der Waals surface area contributed by atoms with Gasteiger partial charge in [-0.3, -0.25) is 14.9 Å². The zero-order valence-corrected chi connectivity index (χ0v) is 16.0. The van der Waals surface area contributed by atoms with Gasteiger partial charge < -0.3 is 4.74 Å². The molecule has 8 nitrogen and oxygen atoms in total. The highest BCUT2D eigenvalue weighted by molar-refractivity contribution is 7.13. The first kappa shape index (κ1) is 21.2. The standard InChI is InChI=1S/C18H12F3N3O5S/c1-10-5-14(25)16(17(26)29-8-11-6-15(24(27)28)30-9-11)22-23(10)13-4-2-3-12(7-13)18(19,20)21/h2-7,9H,8H2,1H3. The van der Waals surface area contributed by atoms with Crippen LogP contribution in [-0.4, -0.2) is 20.7 Å². The number of ether oxygens (including phenoxy) is 1. The lowest BCUT2D eigenvalue weighted by molar-refractivity contribution is -0.380. The Kier molecular flexibility index (Phi) is 5.69. The number of benzene rings is 1. The summed E-state index contributed by atoms with van der Waals surface area (Å²) in [5.74, 6) is -1.10. The van der Waals surface area contributed by atoms with Gasteiger partial charge in [-0.05, 0) is 25.1 Å². The molecule has 30 heavy (non-hydrogen) atoms. The molecule has 2 heterocycles. The third kappa shape index (κ3) is 4.54. The number of rotatable bonds is 5. The topological polar surface area (TPSA) is 104 Å². The lowest BCUT2D eigenvalue weighted by atomic mass is 10.2. The van der Waals surface area contributed by atoms with Gasteiger partial charge >= 0.3 is 17.1 Å². The predicted molar refractivity (Wildman–Crippen MR) is 99.7 cm³/mol. The molecular weight excluding hydrogens is 427 g/mol. The number of halogens is 3. The maximum Gasteiger partial charge on any atom is 0.416 e. The van der Waals surface area contributed by atoms with Gasteiger partial charge in [0.2, 0.25) is 11.1 Å². The van der Waals surface area contributed by atoms with E-state index >= 15 is 0 Å². The molecule has 1 aromatic carbocycles. The number of carbonyl (C=O) groups excluding carboxylic acids is 1. The number of aromatic nitrogens is 2. The highest BCUT2D eigenvalue weighted by atomic mass is 32.1. The van der Waals surface area contributed by atoms with Crippen LogP contribution in [0.3, 0.4) is 0 Å². The van der Waals surface area contributed by atoms with Crippen LogP contribution in [0.15, 0.2) is 46.6 Å². The van der Waals surface area contributed by atoms with Gasteiger partial charge in [-0.1, -0.05) is 17.4 Å². The Balaban J connectivity index is 1.88. The first-order chi connectivity index (χ1) is 14.1. The van der Waals surface area contributed by atoms with E-state index in [0.717, 1.165) is 34.2 Å². The number of hydrogen-bond donors (Lipinski definition) is 0. The van der Waals surface area contributed by atoms with E-state index in [0.29, 0.717) is 5.56 Å².